The highest BCUT2D eigenvalue weighted by Crippen LogP contribution is 2.22. The van der Waals surface area contributed by atoms with Crippen molar-refractivity contribution in [1.82, 2.24) is 10.0 Å². The molecule has 0 aliphatic heterocycles. The first-order chi connectivity index (χ1) is 9.77. The molecule has 0 aliphatic carbocycles. The van der Waals surface area contributed by atoms with Crippen LogP contribution in [0.4, 0.5) is 5.69 Å². The van der Waals surface area contributed by atoms with Gasteiger partial charge in [0.1, 0.15) is 0 Å². The van der Waals surface area contributed by atoms with Crippen molar-refractivity contribution in [3.63, 3.8) is 0 Å². The lowest BCUT2D eigenvalue weighted by Crippen LogP contribution is -2.45. The molecule has 0 aliphatic rings. The van der Waals surface area contributed by atoms with Crippen LogP contribution in [-0.4, -0.2) is 40.6 Å². The number of nitrogen functional groups attached to an aromatic ring is 1. The number of sulfonamides is 1. The van der Waals surface area contributed by atoms with Crippen LogP contribution in [0.3, 0.4) is 0 Å². The lowest BCUT2D eigenvalue weighted by atomic mass is 10.3. The monoisotopic (exact) mass is 379 g/mol. The van der Waals surface area contributed by atoms with Crippen molar-refractivity contribution < 1.29 is 17.9 Å². The number of carbonyl (C=O) groups is 1. The number of nitrogens with one attached hydrogen (secondary N) is 2. The van der Waals surface area contributed by atoms with E-state index >= 15 is 0 Å². The second-order valence-electron chi connectivity index (χ2n) is 4.31. The number of methoxy groups -OCH3 is 1. The number of anilines is 1. The van der Waals surface area contributed by atoms with E-state index in [4.69, 9.17) is 10.5 Å². The van der Waals surface area contributed by atoms with E-state index < -0.39 is 22.0 Å². The van der Waals surface area contributed by atoms with E-state index in [1.165, 1.54) is 32.2 Å². The Morgan fingerprint density at radius 1 is 1.48 bits per heavy atom. The summed E-state index contributed by atoms with van der Waals surface area (Å²) in [4.78, 5) is 11.7. The van der Waals surface area contributed by atoms with E-state index in [9.17, 15) is 13.2 Å². The average Bonchev–Trinajstić information content (AvgIpc) is 2.41. The lowest BCUT2D eigenvalue weighted by Gasteiger charge is -2.14. The molecule has 0 aromatic heterocycles. The van der Waals surface area contributed by atoms with Gasteiger partial charge in [0.05, 0.1) is 17.5 Å². The van der Waals surface area contributed by atoms with Crippen molar-refractivity contribution in [2.24, 2.45) is 0 Å². The predicted molar refractivity (Wildman–Crippen MR) is 83.2 cm³/mol. The van der Waals surface area contributed by atoms with Crippen LogP contribution < -0.4 is 15.8 Å². The Balaban J connectivity index is 2.75. The zero-order valence-corrected chi connectivity index (χ0v) is 14.1. The molecule has 0 saturated heterocycles. The number of hydrogen-bond donors (Lipinski definition) is 3. The van der Waals surface area contributed by atoms with Crippen LogP contribution >= 0.6 is 15.9 Å². The Kier molecular flexibility index (Phi) is 6.59. The summed E-state index contributed by atoms with van der Waals surface area (Å²) >= 11 is 3.19. The summed E-state index contributed by atoms with van der Waals surface area (Å²) in [5.41, 5.74) is 5.96. The summed E-state index contributed by atoms with van der Waals surface area (Å²) < 4.78 is 32.0. The zero-order valence-electron chi connectivity index (χ0n) is 11.7. The van der Waals surface area contributed by atoms with Crippen molar-refractivity contribution in [1.29, 1.82) is 0 Å². The summed E-state index contributed by atoms with van der Waals surface area (Å²) in [5.74, 6) is -0.430. The first-order valence-electron chi connectivity index (χ1n) is 6.12. The molecule has 1 aromatic rings. The molecule has 7 nitrogen and oxygen atoms in total. The zero-order chi connectivity index (χ0) is 16.0. The van der Waals surface area contributed by atoms with Gasteiger partial charge in [-0.1, -0.05) is 0 Å². The molecular formula is C12H18BrN3O4S. The highest BCUT2D eigenvalue weighted by molar-refractivity contribution is 9.10. The Labute approximate surface area is 132 Å². The number of ether oxygens (including phenoxy) is 1. The fourth-order valence-corrected chi connectivity index (χ4v) is 2.96. The van der Waals surface area contributed by atoms with E-state index in [2.05, 4.69) is 26.0 Å². The number of benzene rings is 1. The molecule has 0 heterocycles. The molecule has 0 saturated carbocycles. The Morgan fingerprint density at radius 3 is 2.71 bits per heavy atom. The SMILES string of the molecule is COCCNC(=O)C(C)NS(=O)(=O)c1ccc(Br)c(N)c1. The maximum absolute atomic E-state index is 12.2. The fraction of sp³-hybridized carbons (Fsp3) is 0.417. The second kappa shape index (κ2) is 7.74. The summed E-state index contributed by atoms with van der Waals surface area (Å²) in [5, 5.41) is 2.55. The standard InChI is InChI=1S/C12H18BrN3O4S/c1-8(12(17)15-5-6-20-2)16-21(18,19)9-3-4-10(13)11(14)7-9/h3-4,7-8,16H,5-6,14H2,1-2H3,(H,15,17). The third-order valence-corrected chi connectivity index (χ3v) is 4.87. The summed E-state index contributed by atoms with van der Waals surface area (Å²) in [6.07, 6.45) is 0. The van der Waals surface area contributed by atoms with E-state index in [-0.39, 0.29) is 4.90 Å². The van der Waals surface area contributed by atoms with Crippen LogP contribution in [0, 0.1) is 0 Å². The van der Waals surface area contributed by atoms with Crippen LogP contribution in [-0.2, 0) is 19.6 Å². The largest absolute Gasteiger partial charge is 0.398 e. The van der Waals surface area contributed by atoms with Crippen molar-refractivity contribution in [2.45, 2.75) is 17.9 Å². The normalized spacial score (nSPS) is 12.9. The number of nitrogens with two attached hydrogens (primary N) is 1. The fourth-order valence-electron chi connectivity index (χ4n) is 1.47. The van der Waals surface area contributed by atoms with Gasteiger partial charge < -0.3 is 15.8 Å². The van der Waals surface area contributed by atoms with Gasteiger partial charge in [-0.05, 0) is 41.1 Å². The minimum absolute atomic E-state index is 0.000239. The van der Waals surface area contributed by atoms with Gasteiger partial charge in [0, 0.05) is 23.8 Å². The van der Waals surface area contributed by atoms with Gasteiger partial charge in [0.2, 0.25) is 15.9 Å². The van der Waals surface area contributed by atoms with E-state index in [0.29, 0.717) is 23.3 Å². The van der Waals surface area contributed by atoms with Gasteiger partial charge in [-0.25, -0.2) is 8.42 Å². The van der Waals surface area contributed by atoms with E-state index in [1.807, 2.05) is 0 Å². The molecule has 21 heavy (non-hydrogen) atoms. The first-order valence-corrected chi connectivity index (χ1v) is 8.39. The molecule has 4 N–H and O–H groups in total. The van der Waals surface area contributed by atoms with Crippen LogP contribution in [0.5, 0.6) is 0 Å². The molecule has 118 valence electrons. The average molecular weight is 380 g/mol. The van der Waals surface area contributed by atoms with Gasteiger partial charge in [-0.2, -0.15) is 4.72 Å². The van der Waals surface area contributed by atoms with Crippen LogP contribution in [0.25, 0.3) is 0 Å². The minimum atomic E-state index is -3.82. The molecule has 1 rings (SSSR count). The Hall–Kier alpha value is -1.16. The highest BCUT2D eigenvalue weighted by Gasteiger charge is 2.22. The molecule has 1 atom stereocenters. The Bertz CT molecular complexity index is 607. The molecule has 1 amide bonds. The lowest BCUT2D eigenvalue weighted by molar-refractivity contribution is -0.122. The quantitative estimate of drug-likeness (QED) is 0.470. The number of hydrogen-bond acceptors (Lipinski definition) is 5. The highest BCUT2D eigenvalue weighted by atomic mass is 79.9. The van der Waals surface area contributed by atoms with E-state index in [0.717, 1.165) is 0 Å². The smallest absolute Gasteiger partial charge is 0.241 e. The number of rotatable bonds is 7. The number of halogens is 1. The van der Waals surface area contributed by atoms with Gasteiger partial charge in [-0.15, -0.1) is 0 Å². The van der Waals surface area contributed by atoms with Gasteiger partial charge >= 0.3 is 0 Å². The third kappa shape index (κ3) is 5.27. The van der Waals surface area contributed by atoms with Crippen LogP contribution in [0.15, 0.2) is 27.6 Å². The van der Waals surface area contributed by atoms with Crippen LogP contribution in [0.2, 0.25) is 0 Å². The molecule has 1 unspecified atom stereocenters. The van der Waals surface area contributed by atoms with Crippen molar-refractivity contribution >= 4 is 37.5 Å². The first kappa shape index (κ1) is 17.9. The van der Waals surface area contributed by atoms with Gasteiger partial charge in [0.25, 0.3) is 0 Å². The van der Waals surface area contributed by atoms with Crippen molar-refractivity contribution in [3.8, 4) is 0 Å². The molecule has 0 spiro atoms. The topological polar surface area (TPSA) is 111 Å². The van der Waals surface area contributed by atoms with Crippen molar-refractivity contribution in [2.75, 3.05) is 26.0 Å². The summed E-state index contributed by atoms with van der Waals surface area (Å²) in [6, 6.07) is 3.35. The minimum Gasteiger partial charge on any atom is -0.398 e. The number of amides is 1. The van der Waals surface area contributed by atoms with Crippen LogP contribution in [0.1, 0.15) is 6.92 Å². The summed E-state index contributed by atoms with van der Waals surface area (Å²) in [6.45, 7) is 2.13. The number of carbonyl (C=O) groups excluding carboxylic acids is 1. The second-order valence-corrected chi connectivity index (χ2v) is 6.88. The maximum atomic E-state index is 12.2. The van der Waals surface area contributed by atoms with Gasteiger partial charge in [-0.3, -0.25) is 4.79 Å². The molecule has 0 fully saturated rings. The van der Waals surface area contributed by atoms with E-state index in [1.54, 1.807) is 0 Å². The predicted octanol–water partition coefficient (Wildman–Crippen LogP) is 0.461. The molecule has 0 radical (unpaired) electrons. The molecule has 9 heteroatoms. The molecule has 1 aromatic carbocycles. The third-order valence-electron chi connectivity index (χ3n) is 2.61. The molecular weight excluding hydrogens is 362 g/mol. The Morgan fingerprint density at radius 2 is 2.14 bits per heavy atom. The van der Waals surface area contributed by atoms with Crippen molar-refractivity contribution in [3.05, 3.63) is 22.7 Å². The van der Waals surface area contributed by atoms with Gasteiger partial charge in [0.15, 0.2) is 0 Å². The maximum Gasteiger partial charge on any atom is 0.241 e. The summed E-state index contributed by atoms with van der Waals surface area (Å²) in [7, 11) is -2.31. The molecule has 0 bridgehead atoms.